The van der Waals surface area contributed by atoms with Crippen molar-refractivity contribution in [2.75, 3.05) is 6.61 Å². The van der Waals surface area contributed by atoms with E-state index >= 15 is 0 Å². The summed E-state index contributed by atoms with van der Waals surface area (Å²) in [6, 6.07) is 0. The molecule has 0 aliphatic heterocycles. The summed E-state index contributed by atoms with van der Waals surface area (Å²) in [6.45, 7) is 5.60. The molecule has 0 spiro atoms. The van der Waals surface area contributed by atoms with Crippen molar-refractivity contribution in [3.63, 3.8) is 0 Å². The summed E-state index contributed by atoms with van der Waals surface area (Å²) in [5, 5.41) is 0. The summed E-state index contributed by atoms with van der Waals surface area (Å²) in [5.41, 5.74) is 0. The molecule has 2 nitrogen and oxygen atoms in total. The Balaban J connectivity index is 3.72. The van der Waals surface area contributed by atoms with Crippen LogP contribution in [-0.4, -0.2) is 12.5 Å². The van der Waals surface area contributed by atoms with Crippen LogP contribution in [0.5, 0.6) is 0 Å². The Morgan fingerprint density at radius 3 is 2.75 bits per heavy atom. The number of allylic oxidation sites excluding steroid dienone is 1. The molecule has 44 valence electrons. The van der Waals surface area contributed by atoms with Crippen LogP contribution in [0.4, 0.5) is 0 Å². The smallest absolute Gasteiger partial charge is 0.202 e. The van der Waals surface area contributed by atoms with Gasteiger partial charge in [-0.25, -0.2) is 4.79 Å². The largest absolute Gasteiger partial charge is 0.484 e. The molecule has 0 atom stereocenters. The summed E-state index contributed by atoms with van der Waals surface area (Å²) in [6.07, 6.45) is 1.33. The highest BCUT2D eigenvalue weighted by Crippen LogP contribution is 1.89. The van der Waals surface area contributed by atoms with Crippen LogP contribution in [0.15, 0.2) is 18.4 Å². The molecule has 0 rings (SSSR count). The Bertz CT molecular complexity index is 120. The highest BCUT2D eigenvalue weighted by molar-refractivity contribution is 5.53. The molecule has 8 heavy (non-hydrogen) atoms. The molecule has 0 saturated heterocycles. The van der Waals surface area contributed by atoms with E-state index in [0.717, 1.165) is 0 Å². The third-order valence-corrected chi connectivity index (χ3v) is 0.586. The third kappa shape index (κ3) is 2.21. The fourth-order valence-electron chi connectivity index (χ4n) is 0.286. The van der Waals surface area contributed by atoms with E-state index < -0.39 is 0 Å². The maximum absolute atomic E-state index is 9.77. The summed E-state index contributed by atoms with van der Waals surface area (Å²) in [4.78, 5) is 9.77. The fraction of sp³-hybridized carbons (Fsp3) is 0.333. The Morgan fingerprint density at radius 2 is 2.62 bits per heavy atom. The van der Waals surface area contributed by atoms with Gasteiger partial charge < -0.3 is 4.74 Å². The second-order valence-electron chi connectivity index (χ2n) is 1.10. The predicted octanol–water partition coefficient (Wildman–Crippen LogP) is 0.924. The molecule has 0 bridgehead atoms. The molecular formula is C6H8O2. The molecule has 2 heteroatoms. The van der Waals surface area contributed by atoms with Gasteiger partial charge in [0, 0.05) is 0 Å². The van der Waals surface area contributed by atoms with E-state index in [1.54, 1.807) is 12.9 Å². The van der Waals surface area contributed by atoms with Crippen molar-refractivity contribution in [3.8, 4) is 0 Å². The number of rotatable bonds is 3. The first-order valence-electron chi connectivity index (χ1n) is 2.35. The van der Waals surface area contributed by atoms with Crippen LogP contribution >= 0.6 is 0 Å². The van der Waals surface area contributed by atoms with Crippen molar-refractivity contribution < 1.29 is 9.53 Å². The number of hydrogen-bond acceptors (Lipinski definition) is 2. The molecule has 0 aromatic carbocycles. The molecule has 0 unspecified atom stereocenters. The molecule has 0 fully saturated rings. The normalized spacial score (nSPS) is 7.12. The first-order chi connectivity index (χ1) is 3.85. The van der Waals surface area contributed by atoms with Crippen molar-refractivity contribution in [1.29, 1.82) is 0 Å². The average molecular weight is 112 g/mol. The minimum Gasteiger partial charge on any atom is -0.484 e. The van der Waals surface area contributed by atoms with Crippen molar-refractivity contribution in [2.24, 2.45) is 0 Å². The van der Waals surface area contributed by atoms with Gasteiger partial charge in [-0.2, -0.15) is 0 Å². The Labute approximate surface area is 48.5 Å². The van der Waals surface area contributed by atoms with Gasteiger partial charge in [-0.3, -0.25) is 0 Å². The van der Waals surface area contributed by atoms with E-state index in [0.29, 0.717) is 6.61 Å². The van der Waals surface area contributed by atoms with E-state index in [1.165, 1.54) is 6.08 Å². The van der Waals surface area contributed by atoms with Gasteiger partial charge in [0.05, 0.1) is 6.61 Å². The van der Waals surface area contributed by atoms with Crippen LogP contribution in [0.25, 0.3) is 0 Å². The first kappa shape index (κ1) is 6.99. The quantitative estimate of drug-likeness (QED) is 0.308. The van der Waals surface area contributed by atoms with Crippen molar-refractivity contribution in [1.82, 2.24) is 0 Å². The monoisotopic (exact) mass is 112 g/mol. The molecule has 0 heterocycles. The lowest BCUT2D eigenvalue weighted by atomic mass is 10.5. The average Bonchev–Trinajstić information content (AvgIpc) is 1.83. The minimum absolute atomic E-state index is 0.174. The predicted molar refractivity (Wildman–Crippen MR) is 31.0 cm³/mol. The lowest BCUT2D eigenvalue weighted by Crippen LogP contribution is -1.86. The zero-order chi connectivity index (χ0) is 6.41. The van der Waals surface area contributed by atoms with Gasteiger partial charge in [-0.1, -0.05) is 6.58 Å². The SMILES string of the molecule is C=CC(=C=O)OCC. The molecule has 0 aromatic heterocycles. The van der Waals surface area contributed by atoms with Crippen LogP contribution < -0.4 is 0 Å². The summed E-state index contributed by atoms with van der Waals surface area (Å²) >= 11 is 0. The lowest BCUT2D eigenvalue weighted by molar-refractivity contribution is 0.245. The van der Waals surface area contributed by atoms with Crippen molar-refractivity contribution in [3.05, 3.63) is 18.4 Å². The van der Waals surface area contributed by atoms with Gasteiger partial charge in [0.25, 0.3) is 0 Å². The minimum atomic E-state index is 0.174. The maximum Gasteiger partial charge on any atom is 0.202 e. The highest BCUT2D eigenvalue weighted by atomic mass is 16.5. The van der Waals surface area contributed by atoms with Gasteiger partial charge >= 0.3 is 0 Å². The first-order valence-corrected chi connectivity index (χ1v) is 2.35. The molecule has 0 aromatic rings. The molecule has 0 aliphatic carbocycles. The Morgan fingerprint density at radius 1 is 2.00 bits per heavy atom. The van der Waals surface area contributed by atoms with Gasteiger partial charge in [0.15, 0.2) is 5.94 Å². The number of ether oxygens (including phenoxy) is 1. The number of hydrogen-bond donors (Lipinski definition) is 0. The van der Waals surface area contributed by atoms with Crippen LogP contribution in [0, 0.1) is 0 Å². The Kier molecular flexibility index (Phi) is 3.63. The zero-order valence-electron chi connectivity index (χ0n) is 4.81. The molecule has 0 amide bonds. The van der Waals surface area contributed by atoms with Gasteiger partial charge in [0.2, 0.25) is 5.76 Å². The van der Waals surface area contributed by atoms with E-state index in [-0.39, 0.29) is 5.76 Å². The van der Waals surface area contributed by atoms with Crippen molar-refractivity contribution in [2.45, 2.75) is 6.92 Å². The summed E-state index contributed by atoms with van der Waals surface area (Å²) in [7, 11) is 0. The van der Waals surface area contributed by atoms with E-state index in [9.17, 15) is 4.79 Å². The molecule has 0 N–H and O–H groups in total. The summed E-state index contributed by atoms with van der Waals surface area (Å²) in [5.74, 6) is 1.75. The van der Waals surface area contributed by atoms with Gasteiger partial charge in [0.1, 0.15) is 0 Å². The molecule has 0 aliphatic rings. The van der Waals surface area contributed by atoms with Gasteiger partial charge in [-0.15, -0.1) is 0 Å². The second kappa shape index (κ2) is 4.16. The van der Waals surface area contributed by atoms with Crippen LogP contribution in [0.2, 0.25) is 0 Å². The highest BCUT2D eigenvalue weighted by Gasteiger charge is 1.84. The third-order valence-electron chi connectivity index (χ3n) is 0.586. The number of carbonyl (C=O) groups excluding carboxylic acids is 1. The fourth-order valence-corrected chi connectivity index (χ4v) is 0.286. The molecule has 0 radical (unpaired) electrons. The van der Waals surface area contributed by atoms with E-state index in [1.807, 2.05) is 0 Å². The molecular weight excluding hydrogens is 104 g/mol. The standard InChI is InChI=1S/C6H8O2/c1-3-6(5-7)8-4-2/h3H,1,4H2,2H3. The zero-order valence-corrected chi connectivity index (χ0v) is 4.81. The second-order valence-corrected chi connectivity index (χ2v) is 1.10. The van der Waals surface area contributed by atoms with Gasteiger partial charge in [-0.05, 0) is 13.0 Å². The van der Waals surface area contributed by atoms with Crippen LogP contribution in [-0.2, 0) is 9.53 Å². The van der Waals surface area contributed by atoms with Crippen LogP contribution in [0.3, 0.4) is 0 Å². The maximum atomic E-state index is 9.77. The van der Waals surface area contributed by atoms with Crippen molar-refractivity contribution >= 4 is 5.94 Å². The molecule has 0 saturated carbocycles. The lowest BCUT2D eigenvalue weighted by Gasteiger charge is -1.94. The topological polar surface area (TPSA) is 26.3 Å². The summed E-state index contributed by atoms with van der Waals surface area (Å²) < 4.78 is 4.72. The van der Waals surface area contributed by atoms with E-state index in [4.69, 9.17) is 4.74 Å². The Hall–Kier alpha value is -1.01. The van der Waals surface area contributed by atoms with Crippen LogP contribution in [0.1, 0.15) is 6.92 Å². The van der Waals surface area contributed by atoms with E-state index in [2.05, 4.69) is 6.58 Å².